The van der Waals surface area contributed by atoms with Crippen molar-refractivity contribution < 1.29 is 28.9 Å². The van der Waals surface area contributed by atoms with Gasteiger partial charge in [0.15, 0.2) is 17.2 Å². The fourth-order valence-corrected chi connectivity index (χ4v) is 6.43. The van der Waals surface area contributed by atoms with E-state index in [1.807, 2.05) is 19.1 Å². The van der Waals surface area contributed by atoms with Crippen LogP contribution in [-0.2, 0) is 14.3 Å². The van der Waals surface area contributed by atoms with Crippen LogP contribution in [0, 0.1) is 0 Å². The summed E-state index contributed by atoms with van der Waals surface area (Å²) in [6.45, 7) is 3.24. The first-order valence-electron chi connectivity index (χ1n) is 12.5. The first-order chi connectivity index (χ1) is 19.6. The number of benzene rings is 2. The van der Waals surface area contributed by atoms with E-state index >= 15 is 0 Å². The number of carbonyl (C=O) groups excluding carboxylic acids is 1. The summed E-state index contributed by atoms with van der Waals surface area (Å²) in [7, 11) is 1.52. The highest BCUT2D eigenvalue weighted by atomic mass is 79.9. The summed E-state index contributed by atoms with van der Waals surface area (Å²) in [4.78, 5) is 43.4. The summed E-state index contributed by atoms with van der Waals surface area (Å²) in [5.41, 5.74) is 1.50. The molecule has 1 atom stereocenters. The topological polar surface area (TPSA) is 116 Å². The summed E-state index contributed by atoms with van der Waals surface area (Å²) < 4.78 is 18.8. The number of fused-ring (bicyclic) bond motifs is 1. The van der Waals surface area contributed by atoms with Crippen molar-refractivity contribution in [1.29, 1.82) is 0 Å². The van der Waals surface area contributed by atoms with Crippen LogP contribution in [0.3, 0.4) is 0 Å². The molecular weight excluding hydrogens is 659 g/mol. The molecule has 216 valence electrons. The van der Waals surface area contributed by atoms with Crippen LogP contribution in [0.2, 0.25) is 10.0 Å². The van der Waals surface area contributed by atoms with Crippen molar-refractivity contribution in [2.24, 2.45) is 4.99 Å². The first kappa shape index (κ1) is 30.8. The molecule has 2 heterocycles. The number of carbonyl (C=O) groups is 2. The van der Waals surface area contributed by atoms with Gasteiger partial charge in [-0.3, -0.25) is 9.36 Å². The number of esters is 1. The Morgan fingerprint density at radius 1 is 1.20 bits per heavy atom. The van der Waals surface area contributed by atoms with E-state index in [2.05, 4.69) is 15.9 Å². The Balaban J connectivity index is 1.96. The number of allylic oxidation sites excluding steroid dienone is 1. The second kappa shape index (κ2) is 13.2. The minimum absolute atomic E-state index is 0.0272. The summed E-state index contributed by atoms with van der Waals surface area (Å²) in [5.74, 6) is -1.22. The average Bonchev–Trinajstić information content (AvgIpc) is 3.21. The molecule has 0 saturated heterocycles. The number of aliphatic carboxylic acids is 1. The molecule has 1 aliphatic heterocycles. The molecule has 13 heteroatoms. The number of methoxy groups -OCH3 is 1. The van der Waals surface area contributed by atoms with Crippen molar-refractivity contribution >= 4 is 68.5 Å². The second-order valence-corrected chi connectivity index (χ2v) is 11.5. The Kier molecular flexibility index (Phi) is 9.96. The highest BCUT2D eigenvalue weighted by Gasteiger charge is 2.36. The van der Waals surface area contributed by atoms with Crippen LogP contribution >= 0.6 is 50.5 Å². The number of carboxylic acid groups (broad SMARTS) is 1. The molecule has 3 aromatic rings. The Hall–Kier alpha value is -3.12. The van der Waals surface area contributed by atoms with E-state index < -0.39 is 30.1 Å². The maximum atomic E-state index is 14.0. The highest BCUT2D eigenvalue weighted by molar-refractivity contribution is 9.10. The van der Waals surface area contributed by atoms with E-state index in [0.29, 0.717) is 44.7 Å². The number of nitrogens with zero attached hydrogens (tertiary/aromatic N) is 2. The predicted molar refractivity (Wildman–Crippen MR) is 160 cm³/mol. The lowest BCUT2D eigenvalue weighted by Gasteiger charge is -2.27. The number of hydrogen-bond acceptors (Lipinski definition) is 8. The van der Waals surface area contributed by atoms with Gasteiger partial charge < -0.3 is 19.3 Å². The SMILES string of the molecule is CCCC1=C(C(=O)OCC)[C@@H](c2cc(Br)ccc2OC)n2c(s/c(=C/c3cc(Cl)c(OCC(=O)O)c(Cl)c3)c2=O)=N1. The molecule has 0 aliphatic carbocycles. The molecular formula is C28H25BrCl2N2O7S. The van der Waals surface area contributed by atoms with Crippen LogP contribution in [0.5, 0.6) is 11.5 Å². The molecule has 2 aromatic carbocycles. The van der Waals surface area contributed by atoms with Crippen LogP contribution in [-0.4, -0.2) is 41.9 Å². The minimum atomic E-state index is -1.18. The molecule has 1 aromatic heterocycles. The summed E-state index contributed by atoms with van der Waals surface area (Å²) in [5, 5.41) is 9.07. The molecule has 0 unspecified atom stereocenters. The van der Waals surface area contributed by atoms with E-state index in [-0.39, 0.29) is 28.0 Å². The highest BCUT2D eigenvalue weighted by Crippen LogP contribution is 2.38. The third-order valence-electron chi connectivity index (χ3n) is 6.04. The quantitative estimate of drug-likeness (QED) is 0.295. The normalized spacial score (nSPS) is 14.9. The molecule has 1 aliphatic rings. The van der Waals surface area contributed by atoms with Crippen molar-refractivity contribution in [3.8, 4) is 11.5 Å². The molecule has 9 nitrogen and oxygen atoms in total. The lowest BCUT2D eigenvalue weighted by Crippen LogP contribution is -2.40. The van der Waals surface area contributed by atoms with Gasteiger partial charge in [0.05, 0.1) is 39.6 Å². The zero-order valence-electron chi connectivity index (χ0n) is 22.2. The van der Waals surface area contributed by atoms with Gasteiger partial charge in [-0.15, -0.1) is 0 Å². The molecule has 0 bridgehead atoms. The monoisotopic (exact) mass is 682 g/mol. The van der Waals surface area contributed by atoms with Gasteiger partial charge in [0.1, 0.15) is 11.8 Å². The molecule has 0 fully saturated rings. The lowest BCUT2D eigenvalue weighted by atomic mass is 9.93. The van der Waals surface area contributed by atoms with Crippen LogP contribution in [0.4, 0.5) is 0 Å². The minimum Gasteiger partial charge on any atom is -0.496 e. The van der Waals surface area contributed by atoms with Gasteiger partial charge in [-0.2, -0.15) is 0 Å². The molecule has 0 saturated carbocycles. The van der Waals surface area contributed by atoms with Gasteiger partial charge >= 0.3 is 11.9 Å². The van der Waals surface area contributed by atoms with E-state index in [4.69, 9.17) is 47.5 Å². The summed E-state index contributed by atoms with van der Waals surface area (Å²) >= 11 is 17.3. The van der Waals surface area contributed by atoms with Gasteiger partial charge in [-0.1, -0.05) is 63.8 Å². The summed E-state index contributed by atoms with van der Waals surface area (Å²) in [6.07, 6.45) is 2.81. The second-order valence-electron chi connectivity index (χ2n) is 8.80. The van der Waals surface area contributed by atoms with Gasteiger partial charge in [-0.05, 0) is 55.3 Å². The van der Waals surface area contributed by atoms with Crippen LogP contribution in [0.1, 0.15) is 43.9 Å². The van der Waals surface area contributed by atoms with Crippen molar-refractivity contribution in [3.05, 3.63) is 86.9 Å². The first-order valence-corrected chi connectivity index (χ1v) is 14.8. The number of rotatable bonds is 10. The number of thiazole rings is 1. The molecule has 0 spiro atoms. The average molecular weight is 684 g/mol. The van der Waals surface area contributed by atoms with Crippen LogP contribution in [0.15, 0.2) is 55.9 Å². The molecule has 41 heavy (non-hydrogen) atoms. The van der Waals surface area contributed by atoms with Crippen molar-refractivity contribution in [2.45, 2.75) is 32.7 Å². The molecule has 4 rings (SSSR count). The Bertz CT molecular complexity index is 1710. The van der Waals surface area contributed by atoms with Crippen molar-refractivity contribution in [2.75, 3.05) is 20.3 Å². The van der Waals surface area contributed by atoms with Crippen molar-refractivity contribution in [3.63, 3.8) is 0 Å². The maximum absolute atomic E-state index is 14.0. The third kappa shape index (κ3) is 6.53. The smallest absolute Gasteiger partial charge is 0.341 e. The zero-order chi connectivity index (χ0) is 29.8. The van der Waals surface area contributed by atoms with E-state index in [1.54, 1.807) is 19.1 Å². The van der Waals surface area contributed by atoms with Gasteiger partial charge in [0, 0.05) is 10.0 Å². The molecule has 0 amide bonds. The maximum Gasteiger partial charge on any atom is 0.341 e. The number of carboxylic acids is 1. The van der Waals surface area contributed by atoms with E-state index in [0.717, 1.165) is 15.8 Å². The molecule has 0 radical (unpaired) electrons. The van der Waals surface area contributed by atoms with E-state index in [9.17, 15) is 14.4 Å². The number of ether oxygens (including phenoxy) is 3. The van der Waals surface area contributed by atoms with Gasteiger partial charge in [0.2, 0.25) is 0 Å². The predicted octanol–water partition coefficient (Wildman–Crippen LogP) is 5.12. The molecule has 1 N–H and O–H groups in total. The number of aromatic nitrogens is 1. The van der Waals surface area contributed by atoms with Gasteiger partial charge in [0.25, 0.3) is 5.56 Å². The fraction of sp³-hybridized carbons (Fsp3) is 0.286. The summed E-state index contributed by atoms with van der Waals surface area (Å²) in [6, 6.07) is 7.55. The lowest BCUT2D eigenvalue weighted by molar-refractivity contribution is -0.140. The van der Waals surface area contributed by atoms with Crippen LogP contribution < -0.4 is 24.4 Å². The van der Waals surface area contributed by atoms with Crippen molar-refractivity contribution in [1.82, 2.24) is 4.57 Å². The zero-order valence-corrected chi connectivity index (χ0v) is 26.1. The number of halogens is 3. The van der Waals surface area contributed by atoms with E-state index in [1.165, 1.54) is 23.8 Å². The fourth-order valence-electron chi connectivity index (χ4n) is 4.42. The largest absolute Gasteiger partial charge is 0.496 e. The Morgan fingerprint density at radius 2 is 1.90 bits per heavy atom. The van der Waals surface area contributed by atoms with Gasteiger partial charge in [-0.25, -0.2) is 14.6 Å². The Labute approximate surface area is 257 Å². The Morgan fingerprint density at radius 3 is 2.51 bits per heavy atom. The third-order valence-corrected chi connectivity index (χ3v) is 8.07. The van der Waals surface area contributed by atoms with Crippen LogP contribution in [0.25, 0.3) is 6.08 Å². The number of hydrogen-bond donors (Lipinski definition) is 1. The standard InChI is InChI=1S/C28H25BrCl2N2O7S/c1-4-6-19-23(27(37)39-5-2)24(16-12-15(29)7-8-20(16)38-3)33-26(36)21(41-28(33)32-19)11-14-9-17(30)25(18(31)10-14)40-13-22(34)35/h7-12,24H,4-6,13H2,1-3H3,(H,34,35)/b21-11+/t24-/m1/s1.